The highest BCUT2D eigenvalue weighted by Gasteiger charge is 2.25. The van der Waals surface area contributed by atoms with Crippen LogP contribution in [0.4, 0.5) is 0 Å². The van der Waals surface area contributed by atoms with Crippen molar-refractivity contribution in [2.75, 3.05) is 40.4 Å². The number of carbonyl (C=O) groups excluding carboxylic acids is 1. The van der Waals surface area contributed by atoms with Gasteiger partial charge in [-0.3, -0.25) is 9.69 Å². The third-order valence-electron chi connectivity index (χ3n) is 5.11. The van der Waals surface area contributed by atoms with Crippen LogP contribution in [-0.2, 0) is 6.54 Å². The zero-order valence-corrected chi connectivity index (χ0v) is 16.1. The molecular formula is C21H24N4O3. The van der Waals surface area contributed by atoms with Crippen LogP contribution in [0.3, 0.4) is 0 Å². The van der Waals surface area contributed by atoms with Gasteiger partial charge in [0.15, 0.2) is 0 Å². The Morgan fingerprint density at radius 2 is 1.86 bits per heavy atom. The first kappa shape index (κ1) is 18.3. The van der Waals surface area contributed by atoms with Crippen LogP contribution >= 0.6 is 0 Å². The number of rotatable bonds is 5. The van der Waals surface area contributed by atoms with E-state index in [2.05, 4.69) is 14.9 Å². The van der Waals surface area contributed by atoms with Crippen LogP contribution in [0.15, 0.2) is 42.5 Å². The van der Waals surface area contributed by atoms with Gasteiger partial charge in [-0.15, -0.1) is 0 Å². The van der Waals surface area contributed by atoms with Gasteiger partial charge in [-0.05, 0) is 24.3 Å². The van der Waals surface area contributed by atoms with Crippen molar-refractivity contribution < 1.29 is 14.3 Å². The zero-order valence-electron chi connectivity index (χ0n) is 16.1. The van der Waals surface area contributed by atoms with Crippen LogP contribution in [0.2, 0.25) is 0 Å². The van der Waals surface area contributed by atoms with Gasteiger partial charge < -0.3 is 19.4 Å². The Morgan fingerprint density at radius 1 is 1.07 bits per heavy atom. The first-order chi connectivity index (χ1) is 13.7. The van der Waals surface area contributed by atoms with E-state index in [1.807, 2.05) is 29.2 Å². The van der Waals surface area contributed by atoms with Crippen molar-refractivity contribution in [3.63, 3.8) is 0 Å². The molecule has 0 aliphatic carbocycles. The lowest BCUT2D eigenvalue weighted by Gasteiger charge is -2.34. The summed E-state index contributed by atoms with van der Waals surface area (Å²) in [5.41, 5.74) is 2.60. The summed E-state index contributed by atoms with van der Waals surface area (Å²) in [6, 6.07) is 13.3. The molecule has 146 valence electrons. The molecule has 1 aliphatic rings. The van der Waals surface area contributed by atoms with Crippen LogP contribution < -0.4 is 9.47 Å². The van der Waals surface area contributed by atoms with Crippen molar-refractivity contribution >= 4 is 16.9 Å². The number of fused-ring (bicyclic) bond motifs is 1. The van der Waals surface area contributed by atoms with Crippen LogP contribution in [-0.4, -0.2) is 66.1 Å². The number of carbonyl (C=O) groups is 1. The number of aromatic amines is 1. The Balaban J connectivity index is 1.39. The Kier molecular flexibility index (Phi) is 5.16. The predicted molar refractivity (Wildman–Crippen MR) is 107 cm³/mol. The molecule has 28 heavy (non-hydrogen) atoms. The molecule has 7 nitrogen and oxygen atoms in total. The van der Waals surface area contributed by atoms with E-state index in [0.717, 1.165) is 36.5 Å². The van der Waals surface area contributed by atoms with Gasteiger partial charge in [-0.1, -0.05) is 12.1 Å². The van der Waals surface area contributed by atoms with Gasteiger partial charge >= 0.3 is 0 Å². The normalized spacial score (nSPS) is 15.0. The van der Waals surface area contributed by atoms with E-state index < -0.39 is 0 Å². The predicted octanol–water partition coefficient (Wildman–Crippen LogP) is 2.54. The second kappa shape index (κ2) is 7.90. The third-order valence-corrected chi connectivity index (χ3v) is 5.11. The second-order valence-corrected chi connectivity index (χ2v) is 6.84. The molecule has 1 N–H and O–H groups in total. The molecule has 0 saturated carbocycles. The maximum Gasteiger partial charge on any atom is 0.257 e. The summed E-state index contributed by atoms with van der Waals surface area (Å²) in [6.07, 6.45) is 0. The van der Waals surface area contributed by atoms with Crippen LogP contribution in [0, 0.1) is 0 Å². The lowest BCUT2D eigenvalue weighted by molar-refractivity contribution is 0.0622. The number of hydrogen-bond acceptors (Lipinski definition) is 5. The van der Waals surface area contributed by atoms with E-state index in [0.29, 0.717) is 30.2 Å². The summed E-state index contributed by atoms with van der Waals surface area (Å²) in [5.74, 6) is 2.15. The molecule has 2 heterocycles. The average Bonchev–Trinajstić information content (AvgIpc) is 3.15. The van der Waals surface area contributed by atoms with Crippen molar-refractivity contribution in [3.8, 4) is 11.5 Å². The summed E-state index contributed by atoms with van der Waals surface area (Å²) in [4.78, 5) is 25.1. The van der Waals surface area contributed by atoms with Gasteiger partial charge in [0.25, 0.3) is 5.91 Å². The van der Waals surface area contributed by atoms with Crippen molar-refractivity contribution in [1.29, 1.82) is 0 Å². The Hall–Kier alpha value is -3.06. The standard InChI is InChI=1S/C21H24N4O3/c1-27-15-7-8-16(19(13-15)28-2)21(26)25-11-9-24(10-12-25)14-20-22-17-5-3-4-6-18(17)23-20/h3-8,13H,9-12,14H2,1-2H3,(H,22,23). The van der Waals surface area contributed by atoms with E-state index in [9.17, 15) is 4.79 Å². The van der Waals surface area contributed by atoms with E-state index >= 15 is 0 Å². The molecule has 2 aromatic carbocycles. The molecule has 0 spiro atoms. The smallest absolute Gasteiger partial charge is 0.257 e. The molecule has 1 saturated heterocycles. The van der Waals surface area contributed by atoms with E-state index in [-0.39, 0.29) is 5.91 Å². The highest BCUT2D eigenvalue weighted by molar-refractivity contribution is 5.97. The third kappa shape index (κ3) is 3.66. The van der Waals surface area contributed by atoms with Gasteiger partial charge in [0, 0.05) is 32.2 Å². The number of ether oxygens (including phenoxy) is 2. The zero-order chi connectivity index (χ0) is 19.5. The minimum atomic E-state index is -0.0112. The number of H-pyrrole nitrogens is 1. The minimum absolute atomic E-state index is 0.0112. The number of nitrogens with one attached hydrogen (secondary N) is 1. The van der Waals surface area contributed by atoms with Crippen LogP contribution in [0.5, 0.6) is 11.5 Å². The first-order valence-corrected chi connectivity index (χ1v) is 9.35. The Morgan fingerprint density at radius 3 is 2.57 bits per heavy atom. The van der Waals surface area contributed by atoms with Crippen molar-refractivity contribution in [3.05, 3.63) is 53.9 Å². The summed E-state index contributed by atoms with van der Waals surface area (Å²) < 4.78 is 10.6. The summed E-state index contributed by atoms with van der Waals surface area (Å²) in [7, 11) is 3.16. The van der Waals surface area contributed by atoms with Crippen LogP contribution in [0.25, 0.3) is 11.0 Å². The molecule has 1 aromatic heterocycles. The summed E-state index contributed by atoms with van der Waals surface area (Å²) in [5, 5.41) is 0. The number of imidazole rings is 1. The van der Waals surface area contributed by atoms with Gasteiger partial charge in [-0.2, -0.15) is 0 Å². The first-order valence-electron chi connectivity index (χ1n) is 9.35. The fraction of sp³-hybridized carbons (Fsp3) is 0.333. The maximum atomic E-state index is 12.9. The molecule has 0 unspecified atom stereocenters. The molecule has 7 heteroatoms. The van der Waals surface area contributed by atoms with E-state index in [1.54, 1.807) is 32.4 Å². The van der Waals surface area contributed by atoms with Crippen molar-refractivity contribution in [2.45, 2.75) is 6.54 Å². The number of aromatic nitrogens is 2. The number of benzene rings is 2. The second-order valence-electron chi connectivity index (χ2n) is 6.84. The van der Waals surface area contributed by atoms with Crippen molar-refractivity contribution in [1.82, 2.24) is 19.8 Å². The SMILES string of the molecule is COc1ccc(C(=O)N2CCN(Cc3nc4ccccc4[nH]3)CC2)c(OC)c1. The van der Waals surface area contributed by atoms with Crippen LogP contribution in [0.1, 0.15) is 16.2 Å². The van der Waals surface area contributed by atoms with E-state index in [1.165, 1.54) is 0 Å². The van der Waals surface area contributed by atoms with Gasteiger partial charge in [0.05, 0.1) is 37.4 Å². The number of amides is 1. The van der Waals surface area contributed by atoms with E-state index in [4.69, 9.17) is 9.47 Å². The molecule has 1 fully saturated rings. The molecule has 0 radical (unpaired) electrons. The molecular weight excluding hydrogens is 356 g/mol. The molecule has 1 amide bonds. The topological polar surface area (TPSA) is 70.7 Å². The lowest BCUT2D eigenvalue weighted by atomic mass is 10.1. The van der Waals surface area contributed by atoms with Gasteiger partial charge in [0.2, 0.25) is 0 Å². The fourth-order valence-corrected chi connectivity index (χ4v) is 3.55. The fourth-order valence-electron chi connectivity index (χ4n) is 3.55. The average molecular weight is 380 g/mol. The number of methoxy groups -OCH3 is 2. The molecule has 0 bridgehead atoms. The largest absolute Gasteiger partial charge is 0.497 e. The monoisotopic (exact) mass is 380 g/mol. The number of hydrogen-bond donors (Lipinski definition) is 1. The lowest BCUT2D eigenvalue weighted by Crippen LogP contribution is -2.48. The molecule has 1 aliphatic heterocycles. The highest BCUT2D eigenvalue weighted by Crippen LogP contribution is 2.26. The molecule has 3 aromatic rings. The minimum Gasteiger partial charge on any atom is -0.497 e. The Bertz CT molecular complexity index is 944. The highest BCUT2D eigenvalue weighted by atomic mass is 16.5. The van der Waals surface area contributed by atoms with Crippen molar-refractivity contribution in [2.24, 2.45) is 0 Å². The Labute approximate surface area is 163 Å². The maximum absolute atomic E-state index is 12.9. The van der Waals surface area contributed by atoms with Gasteiger partial charge in [-0.25, -0.2) is 4.98 Å². The summed E-state index contributed by atoms with van der Waals surface area (Å²) in [6.45, 7) is 3.72. The summed E-state index contributed by atoms with van der Waals surface area (Å²) >= 11 is 0. The quantitative estimate of drug-likeness (QED) is 0.737. The van der Waals surface area contributed by atoms with Gasteiger partial charge in [0.1, 0.15) is 17.3 Å². The molecule has 0 atom stereocenters. The number of piperazine rings is 1. The number of para-hydroxylation sites is 2. The number of nitrogens with zero attached hydrogens (tertiary/aromatic N) is 3. The molecule has 4 rings (SSSR count).